The van der Waals surface area contributed by atoms with Crippen molar-refractivity contribution in [2.75, 3.05) is 30.3 Å². The minimum atomic E-state index is -0.519. The first-order valence-electron chi connectivity index (χ1n) is 11.6. The second-order valence-corrected chi connectivity index (χ2v) is 9.47. The van der Waals surface area contributed by atoms with E-state index in [1.54, 1.807) is 54.6 Å². The molecule has 2 N–H and O–H groups in total. The lowest BCUT2D eigenvalue weighted by molar-refractivity contribution is -0.121. The van der Waals surface area contributed by atoms with E-state index in [-0.39, 0.29) is 24.1 Å². The van der Waals surface area contributed by atoms with Crippen molar-refractivity contribution >= 4 is 46.0 Å². The van der Waals surface area contributed by atoms with E-state index in [4.69, 9.17) is 4.74 Å². The standard InChI is InChI=1S/C26H28N4O4S/c1-2-14-34-21-11-7-10-20(16-21)28-24(32)18-8-6-9-19(15-18)27-23(31)17-22-25(33)29-26(35-22)30-12-4-3-5-13-30/h2,6-11,15-16,22H,1,3-5,12-14,17H2,(H,27,31)(H,28,32). The van der Waals surface area contributed by atoms with Gasteiger partial charge in [0.05, 0.1) is 0 Å². The number of nitrogens with zero attached hydrogens (tertiary/aromatic N) is 2. The molecule has 4 rings (SSSR count). The number of carbonyl (C=O) groups is 3. The molecule has 2 aromatic carbocycles. The van der Waals surface area contributed by atoms with Crippen molar-refractivity contribution in [3.63, 3.8) is 0 Å². The van der Waals surface area contributed by atoms with Gasteiger partial charge in [0, 0.05) is 42.5 Å². The Hall–Kier alpha value is -3.59. The van der Waals surface area contributed by atoms with Gasteiger partial charge in [-0.15, -0.1) is 0 Å². The number of hydrogen-bond acceptors (Lipinski definition) is 6. The molecule has 1 fully saturated rings. The number of ether oxygens (including phenoxy) is 1. The van der Waals surface area contributed by atoms with Gasteiger partial charge < -0.3 is 20.3 Å². The number of nitrogens with one attached hydrogen (secondary N) is 2. The highest BCUT2D eigenvalue weighted by atomic mass is 32.2. The molecule has 2 aromatic rings. The maximum atomic E-state index is 12.7. The van der Waals surface area contributed by atoms with Crippen LogP contribution >= 0.6 is 11.8 Å². The van der Waals surface area contributed by atoms with E-state index in [0.717, 1.165) is 31.1 Å². The predicted molar refractivity (Wildman–Crippen MR) is 139 cm³/mol. The van der Waals surface area contributed by atoms with E-state index in [1.807, 2.05) is 0 Å². The van der Waals surface area contributed by atoms with Crippen LogP contribution < -0.4 is 15.4 Å². The second-order valence-electron chi connectivity index (χ2n) is 8.30. The molecule has 3 amide bonds. The lowest BCUT2D eigenvalue weighted by Gasteiger charge is -2.27. The highest BCUT2D eigenvalue weighted by Crippen LogP contribution is 2.29. The molecular formula is C26H28N4O4S. The molecule has 0 saturated carbocycles. The largest absolute Gasteiger partial charge is 0.489 e. The summed E-state index contributed by atoms with van der Waals surface area (Å²) in [5.74, 6) is -0.257. The fraction of sp³-hybridized carbons (Fsp3) is 0.308. The Morgan fingerprint density at radius 1 is 1.09 bits per heavy atom. The summed E-state index contributed by atoms with van der Waals surface area (Å²) < 4.78 is 5.50. The highest BCUT2D eigenvalue weighted by molar-refractivity contribution is 8.15. The average Bonchev–Trinajstić information content (AvgIpc) is 3.23. The summed E-state index contributed by atoms with van der Waals surface area (Å²) in [5.41, 5.74) is 1.47. The van der Waals surface area contributed by atoms with Crippen LogP contribution in [-0.4, -0.2) is 52.7 Å². The van der Waals surface area contributed by atoms with Crippen LogP contribution in [0.3, 0.4) is 0 Å². The maximum Gasteiger partial charge on any atom is 0.262 e. The summed E-state index contributed by atoms with van der Waals surface area (Å²) in [5, 5.41) is 5.84. The number of rotatable bonds is 8. The van der Waals surface area contributed by atoms with Crippen LogP contribution in [-0.2, 0) is 9.59 Å². The van der Waals surface area contributed by atoms with Gasteiger partial charge in [-0.3, -0.25) is 14.4 Å². The van der Waals surface area contributed by atoms with Crippen molar-refractivity contribution in [2.45, 2.75) is 30.9 Å². The zero-order valence-electron chi connectivity index (χ0n) is 19.4. The molecular weight excluding hydrogens is 464 g/mol. The van der Waals surface area contributed by atoms with Crippen LogP contribution in [0.4, 0.5) is 11.4 Å². The van der Waals surface area contributed by atoms with Crippen LogP contribution in [0.1, 0.15) is 36.0 Å². The van der Waals surface area contributed by atoms with Gasteiger partial charge in [0.2, 0.25) is 5.91 Å². The SMILES string of the molecule is C=CCOc1cccc(NC(=O)c2cccc(NC(=O)CC3SC(N4CCCCC4)=NC3=O)c2)c1. The normalized spacial score (nSPS) is 17.5. The van der Waals surface area contributed by atoms with Gasteiger partial charge in [-0.05, 0) is 49.6 Å². The quantitative estimate of drug-likeness (QED) is 0.533. The van der Waals surface area contributed by atoms with Crippen LogP contribution in [0.2, 0.25) is 0 Å². The van der Waals surface area contributed by atoms with Crippen molar-refractivity contribution in [1.29, 1.82) is 0 Å². The summed E-state index contributed by atoms with van der Waals surface area (Å²) in [6, 6.07) is 13.7. The summed E-state index contributed by atoms with van der Waals surface area (Å²) in [6.45, 7) is 5.79. The molecule has 8 nitrogen and oxygen atoms in total. The Morgan fingerprint density at radius 3 is 2.60 bits per heavy atom. The number of piperidine rings is 1. The maximum absolute atomic E-state index is 12.7. The van der Waals surface area contributed by atoms with E-state index >= 15 is 0 Å². The molecule has 0 spiro atoms. The molecule has 0 aromatic heterocycles. The van der Waals surface area contributed by atoms with Crippen molar-refractivity contribution in [1.82, 2.24) is 4.90 Å². The minimum absolute atomic E-state index is 0.0261. The lowest BCUT2D eigenvalue weighted by atomic mass is 10.1. The van der Waals surface area contributed by atoms with Gasteiger partial charge in [0.25, 0.3) is 11.8 Å². The topological polar surface area (TPSA) is 100 Å². The minimum Gasteiger partial charge on any atom is -0.489 e. The number of thioether (sulfide) groups is 1. The first-order chi connectivity index (χ1) is 17.0. The molecule has 0 aliphatic carbocycles. The Labute approximate surface area is 208 Å². The van der Waals surface area contributed by atoms with Gasteiger partial charge in [0.1, 0.15) is 17.6 Å². The van der Waals surface area contributed by atoms with Crippen molar-refractivity contribution < 1.29 is 19.1 Å². The smallest absolute Gasteiger partial charge is 0.262 e. The van der Waals surface area contributed by atoms with Gasteiger partial charge in [-0.25, -0.2) is 0 Å². The summed E-state index contributed by atoms with van der Waals surface area (Å²) in [6.07, 6.45) is 5.06. The van der Waals surface area contributed by atoms with Crippen LogP contribution in [0, 0.1) is 0 Å². The second kappa shape index (κ2) is 11.7. The molecule has 2 aliphatic rings. The molecule has 0 radical (unpaired) electrons. The fourth-order valence-corrected chi connectivity index (χ4v) is 4.99. The zero-order chi connectivity index (χ0) is 24.6. The summed E-state index contributed by atoms with van der Waals surface area (Å²) in [4.78, 5) is 44.0. The van der Waals surface area contributed by atoms with Gasteiger partial charge in [-0.2, -0.15) is 4.99 Å². The zero-order valence-corrected chi connectivity index (χ0v) is 20.2. The number of amides is 3. The van der Waals surface area contributed by atoms with Crippen LogP contribution in [0.25, 0.3) is 0 Å². The first kappa shape index (κ1) is 24.5. The number of anilines is 2. The number of amidine groups is 1. The lowest BCUT2D eigenvalue weighted by Crippen LogP contribution is -2.33. The molecule has 9 heteroatoms. The molecule has 2 heterocycles. The Bertz CT molecular complexity index is 1140. The van der Waals surface area contributed by atoms with Crippen LogP contribution in [0.5, 0.6) is 5.75 Å². The monoisotopic (exact) mass is 492 g/mol. The fourth-order valence-electron chi connectivity index (χ4n) is 3.87. The number of likely N-dealkylation sites (tertiary alicyclic amines) is 1. The third-order valence-electron chi connectivity index (χ3n) is 5.59. The predicted octanol–water partition coefficient (Wildman–Crippen LogP) is 4.32. The van der Waals surface area contributed by atoms with Crippen molar-refractivity contribution in [2.24, 2.45) is 4.99 Å². The van der Waals surface area contributed by atoms with Gasteiger partial charge in [0.15, 0.2) is 5.17 Å². The van der Waals surface area contributed by atoms with E-state index in [0.29, 0.717) is 29.3 Å². The number of benzene rings is 2. The summed E-state index contributed by atoms with van der Waals surface area (Å²) >= 11 is 1.37. The molecule has 2 aliphatic heterocycles. The Balaban J connectivity index is 1.32. The third-order valence-corrected chi connectivity index (χ3v) is 6.81. The van der Waals surface area contributed by atoms with Crippen molar-refractivity contribution in [3.8, 4) is 5.75 Å². The molecule has 35 heavy (non-hydrogen) atoms. The molecule has 1 unspecified atom stereocenters. The Morgan fingerprint density at radius 2 is 1.83 bits per heavy atom. The first-order valence-corrected chi connectivity index (χ1v) is 12.5. The third kappa shape index (κ3) is 6.73. The van der Waals surface area contributed by atoms with Crippen LogP contribution in [0.15, 0.2) is 66.2 Å². The Kier molecular flexibility index (Phi) is 8.20. The van der Waals surface area contributed by atoms with Gasteiger partial charge >= 0.3 is 0 Å². The highest BCUT2D eigenvalue weighted by Gasteiger charge is 2.33. The summed E-state index contributed by atoms with van der Waals surface area (Å²) in [7, 11) is 0. The van der Waals surface area contributed by atoms with E-state index in [1.165, 1.54) is 18.2 Å². The average molecular weight is 493 g/mol. The number of hydrogen-bond donors (Lipinski definition) is 2. The van der Waals surface area contributed by atoms with E-state index in [2.05, 4.69) is 27.1 Å². The van der Waals surface area contributed by atoms with Gasteiger partial charge in [-0.1, -0.05) is 36.5 Å². The van der Waals surface area contributed by atoms with Crippen molar-refractivity contribution in [3.05, 3.63) is 66.7 Å². The van der Waals surface area contributed by atoms with E-state index in [9.17, 15) is 14.4 Å². The number of aliphatic imine (C=N–C) groups is 1. The molecule has 182 valence electrons. The number of carbonyl (C=O) groups excluding carboxylic acids is 3. The molecule has 1 atom stereocenters. The molecule has 1 saturated heterocycles. The molecule has 0 bridgehead atoms. The van der Waals surface area contributed by atoms with E-state index < -0.39 is 5.25 Å².